The first kappa shape index (κ1) is 13.9. The van der Waals surface area contributed by atoms with Crippen molar-refractivity contribution in [1.29, 1.82) is 0 Å². The molecule has 0 radical (unpaired) electrons. The number of phenolic OH excluding ortho intramolecular Hbond substituents is 1. The minimum absolute atomic E-state index is 0.0540. The average molecular weight is 312 g/mol. The number of hydrogen-bond donors (Lipinski definition) is 2. The van der Waals surface area contributed by atoms with Crippen molar-refractivity contribution in [2.45, 2.75) is 17.4 Å². The van der Waals surface area contributed by atoms with Crippen LogP contribution in [0.4, 0.5) is 0 Å². The van der Waals surface area contributed by atoms with E-state index in [9.17, 15) is 18.6 Å². The van der Waals surface area contributed by atoms with Crippen LogP contribution in [0.3, 0.4) is 0 Å². The molecule has 18 heavy (non-hydrogen) atoms. The standard InChI is InChI=1S/C10H11Cl2NO4S/c11-8-3-7(4-9(12)10(8)15)18(16,17)13-2-1-6(14)5-13/h3-4,6,14-15H,1-2,5H2/t6-/m0/s1. The molecule has 0 amide bonds. The molecule has 5 nitrogen and oxygen atoms in total. The zero-order valence-electron chi connectivity index (χ0n) is 9.18. The second-order valence-electron chi connectivity index (χ2n) is 4.04. The van der Waals surface area contributed by atoms with Gasteiger partial charge >= 0.3 is 0 Å². The van der Waals surface area contributed by atoms with Gasteiger partial charge in [-0.3, -0.25) is 0 Å². The van der Waals surface area contributed by atoms with Crippen molar-refractivity contribution >= 4 is 33.2 Å². The highest BCUT2D eigenvalue weighted by atomic mass is 35.5. The summed E-state index contributed by atoms with van der Waals surface area (Å²) in [5.41, 5.74) is 0. The zero-order valence-corrected chi connectivity index (χ0v) is 11.5. The summed E-state index contributed by atoms with van der Waals surface area (Å²) in [7, 11) is -3.74. The molecular weight excluding hydrogens is 301 g/mol. The summed E-state index contributed by atoms with van der Waals surface area (Å²) in [6.45, 7) is 0.304. The van der Waals surface area contributed by atoms with E-state index in [1.807, 2.05) is 0 Å². The van der Waals surface area contributed by atoms with Crippen LogP contribution in [0.5, 0.6) is 5.75 Å². The summed E-state index contributed by atoms with van der Waals surface area (Å²) in [5, 5.41) is 18.5. The van der Waals surface area contributed by atoms with Gasteiger partial charge in [0, 0.05) is 13.1 Å². The quantitative estimate of drug-likeness (QED) is 0.866. The molecule has 0 bridgehead atoms. The van der Waals surface area contributed by atoms with Gasteiger partial charge in [0.2, 0.25) is 10.0 Å². The zero-order chi connectivity index (χ0) is 13.5. The molecule has 0 aliphatic carbocycles. The fourth-order valence-corrected chi connectivity index (χ4v) is 3.93. The second-order valence-corrected chi connectivity index (χ2v) is 6.79. The Morgan fingerprint density at radius 3 is 2.28 bits per heavy atom. The van der Waals surface area contributed by atoms with Gasteiger partial charge in [-0.1, -0.05) is 23.2 Å². The van der Waals surface area contributed by atoms with Gasteiger partial charge in [-0.25, -0.2) is 8.42 Å². The molecule has 1 saturated heterocycles. The Kier molecular flexibility index (Phi) is 3.75. The van der Waals surface area contributed by atoms with E-state index in [1.54, 1.807) is 0 Å². The van der Waals surface area contributed by atoms with Crippen LogP contribution in [0.2, 0.25) is 10.0 Å². The molecule has 1 atom stereocenters. The van der Waals surface area contributed by atoms with E-state index in [0.29, 0.717) is 6.42 Å². The lowest BCUT2D eigenvalue weighted by molar-refractivity contribution is 0.189. The van der Waals surface area contributed by atoms with Crippen molar-refractivity contribution in [2.75, 3.05) is 13.1 Å². The van der Waals surface area contributed by atoms with Crippen LogP contribution in [0, 0.1) is 0 Å². The number of aliphatic hydroxyl groups excluding tert-OH is 1. The molecule has 1 aromatic carbocycles. The van der Waals surface area contributed by atoms with Crippen molar-refractivity contribution in [2.24, 2.45) is 0 Å². The number of hydrogen-bond acceptors (Lipinski definition) is 4. The molecule has 2 rings (SSSR count). The molecule has 1 heterocycles. The molecular formula is C10H11Cl2NO4S. The minimum atomic E-state index is -3.74. The highest BCUT2D eigenvalue weighted by Crippen LogP contribution is 2.35. The van der Waals surface area contributed by atoms with E-state index in [0.717, 1.165) is 16.4 Å². The van der Waals surface area contributed by atoms with Crippen molar-refractivity contribution < 1.29 is 18.6 Å². The average Bonchev–Trinajstić information content (AvgIpc) is 2.72. The SMILES string of the molecule is O=S(=O)(c1cc(Cl)c(O)c(Cl)c1)N1CC[C@H](O)C1. The first-order valence-corrected chi connectivity index (χ1v) is 7.38. The Labute approximate surface area is 115 Å². The van der Waals surface area contributed by atoms with Crippen molar-refractivity contribution in [1.82, 2.24) is 4.31 Å². The number of β-amino-alcohol motifs (C(OH)–C–C–N with tert-alkyl or cyclic N) is 1. The molecule has 1 aliphatic rings. The second kappa shape index (κ2) is 4.86. The van der Waals surface area contributed by atoms with Gasteiger partial charge in [0.05, 0.1) is 21.0 Å². The van der Waals surface area contributed by atoms with Crippen molar-refractivity contribution in [3.8, 4) is 5.75 Å². The highest BCUT2D eigenvalue weighted by Gasteiger charge is 2.32. The van der Waals surface area contributed by atoms with Crippen LogP contribution in [-0.4, -0.2) is 42.1 Å². The predicted octanol–water partition coefficient (Wildman–Crippen LogP) is 1.45. The van der Waals surface area contributed by atoms with Gasteiger partial charge in [0.15, 0.2) is 5.75 Å². The number of rotatable bonds is 2. The van der Waals surface area contributed by atoms with Gasteiger partial charge in [0.25, 0.3) is 0 Å². The number of halogens is 2. The predicted molar refractivity (Wildman–Crippen MR) is 67.5 cm³/mol. The van der Waals surface area contributed by atoms with Gasteiger partial charge in [-0.05, 0) is 18.6 Å². The largest absolute Gasteiger partial charge is 0.505 e. The molecule has 1 fully saturated rings. The van der Waals surface area contributed by atoms with Crippen molar-refractivity contribution in [3.05, 3.63) is 22.2 Å². The van der Waals surface area contributed by atoms with E-state index in [1.165, 1.54) is 0 Å². The third-order valence-corrected chi connectivity index (χ3v) is 5.17. The van der Waals surface area contributed by atoms with Gasteiger partial charge in [-0.2, -0.15) is 4.31 Å². The van der Waals surface area contributed by atoms with Gasteiger partial charge in [-0.15, -0.1) is 0 Å². The summed E-state index contributed by atoms with van der Waals surface area (Å²) >= 11 is 11.4. The lowest BCUT2D eigenvalue weighted by Crippen LogP contribution is -2.29. The first-order valence-electron chi connectivity index (χ1n) is 5.18. The summed E-state index contributed by atoms with van der Waals surface area (Å²) in [5.74, 6) is -0.348. The number of sulfonamides is 1. The van der Waals surface area contributed by atoms with Crippen LogP contribution < -0.4 is 0 Å². The topological polar surface area (TPSA) is 77.8 Å². The summed E-state index contributed by atoms with van der Waals surface area (Å²) in [6.07, 6.45) is -0.249. The minimum Gasteiger partial charge on any atom is -0.505 e. The molecule has 0 unspecified atom stereocenters. The third-order valence-electron chi connectivity index (χ3n) is 2.75. The van der Waals surface area contributed by atoms with Crippen LogP contribution in [0.15, 0.2) is 17.0 Å². The molecule has 0 saturated carbocycles. The van der Waals surface area contributed by atoms with E-state index in [4.69, 9.17) is 23.2 Å². The monoisotopic (exact) mass is 311 g/mol. The molecule has 0 spiro atoms. The van der Waals surface area contributed by atoms with Gasteiger partial charge in [0.1, 0.15) is 0 Å². The third kappa shape index (κ3) is 2.44. The molecule has 8 heteroatoms. The number of nitrogens with zero attached hydrogens (tertiary/aromatic N) is 1. The molecule has 1 aromatic rings. The van der Waals surface area contributed by atoms with Crippen LogP contribution in [0.1, 0.15) is 6.42 Å². The number of aromatic hydroxyl groups is 1. The van der Waals surface area contributed by atoms with Crippen LogP contribution >= 0.6 is 23.2 Å². The normalized spacial score (nSPS) is 21.4. The Balaban J connectivity index is 2.42. The fraction of sp³-hybridized carbons (Fsp3) is 0.400. The molecule has 100 valence electrons. The van der Waals surface area contributed by atoms with Crippen LogP contribution in [0.25, 0.3) is 0 Å². The van der Waals surface area contributed by atoms with E-state index < -0.39 is 16.1 Å². The molecule has 0 aromatic heterocycles. The number of phenols is 1. The van der Waals surface area contributed by atoms with E-state index in [2.05, 4.69) is 0 Å². The Hall–Kier alpha value is -0.530. The van der Waals surface area contributed by atoms with E-state index in [-0.39, 0.29) is 33.8 Å². The smallest absolute Gasteiger partial charge is 0.243 e. The maximum Gasteiger partial charge on any atom is 0.243 e. The van der Waals surface area contributed by atoms with Gasteiger partial charge < -0.3 is 10.2 Å². The van der Waals surface area contributed by atoms with Crippen LogP contribution in [-0.2, 0) is 10.0 Å². The summed E-state index contributed by atoms with van der Waals surface area (Å²) in [6, 6.07) is 2.28. The fourth-order valence-electron chi connectivity index (χ4n) is 1.77. The van der Waals surface area contributed by atoms with Crippen molar-refractivity contribution in [3.63, 3.8) is 0 Å². The number of aliphatic hydroxyl groups is 1. The maximum absolute atomic E-state index is 12.2. The lowest BCUT2D eigenvalue weighted by Gasteiger charge is -2.16. The molecule has 1 aliphatic heterocycles. The molecule has 2 N–H and O–H groups in total. The Morgan fingerprint density at radius 1 is 1.28 bits per heavy atom. The van der Waals surface area contributed by atoms with E-state index >= 15 is 0 Å². The lowest BCUT2D eigenvalue weighted by atomic mass is 10.3. The first-order chi connectivity index (χ1) is 8.32. The summed E-state index contributed by atoms with van der Waals surface area (Å²) in [4.78, 5) is -0.0931. The highest BCUT2D eigenvalue weighted by molar-refractivity contribution is 7.89. The number of benzene rings is 1. The Morgan fingerprint density at radius 2 is 1.83 bits per heavy atom. The summed E-state index contributed by atoms with van der Waals surface area (Å²) < 4.78 is 25.6. The Bertz CT molecular complexity index is 552. The maximum atomic E-state index is 12.2.